The van der Waals surface area contributed by atoms with Crippen molar-refractivity contribution in [2.45, 2.75) is 32.3 Å². The average Bonchev–Trinajstić information content (AvgIpc) is 1.96. The van der Waals surface area contributed by atoms with Gasteiger partial charge in [0.05, 0.1) is 5.97 Å². The van der Waals surface area contributed by atoms with E-state index in [1.54, 1.807) is 0 Å². The number of hydrogen-bond acceptors (Lipinski definition) is 4. The highest BCUT2D eigenvalue weighted by molar-refractivity contribution is 5.73. The van der Waals surface area contributed by atoms with Crippen LogP contribution in [0.25, 0.3) is 0 Å². The van der Waals surface area contributed by atoms with Crippen LogP contribution in [0.15, 0.2) is 0 Å². The maximum Gasteiger partial charge on any atom is 0.496 e. The van der Waals surface area contributed by atoms with Crippen LogP contribution in [-0.2, 0) is 9.53 Å². The standard InChI is InChI=1S/C7H11FO4/c1-2-3-4-5(6(9)10)12-7(8)11/h5H,2-4H2,1H3,(H,9,10)/p-1. The fraction of sp³-hybridized carbons (Fsp3) is 0.714. The van der Waals surface area contributed by atoms with Crippen LogP contribution in [0.5, 0.6) is 0 Å². The van der Waals surface area contributed by atoms with Gasteiger partial charge >= 0.3 is 6.22 Å². The summed E-state index contributed by atoms with van der Waals surface area (Å²) in [5, 5.41) is 10.2. The second-order valence-electron chi connectivity index (χ2n) is 2.31. The number of aliphatic carboxylic acids is 1. The van der Waals surface area contributed by atoms with Gasteiger partial charge in [0.15, 0.2) is 0 Å². The molecule has 0 aliphatic carbocycles. The highest BCUT2D eigenvalue weighted by Crippen LogP contribution is 2.05. The number of carboxylic acid groups (broad SMARTS) is 1. The van der Waals surface area contributed by atoms with E-state index in [0.717, 1.165) is 6.42 Å². The van der Waals surface area contributed by atoms with Crippen molar-refractivity contribution in [1.82, 2.24) is 0 Å². The van der Waals surface area contributed by atoms with Gasteiger partial charge in [-0.15, -0.1) is 4.39 Å². The number of rotatable bonds is 5. The Labute approximate surface area is 69.3 Å². The molecule has 70 valence electrons. The van der Waals surface area contributed by atoms with Gasteiger partial charge in [-0.2, -0.15) is 0 Å². The van der Waals surface area contributed by atoms with E-state index in [9.17, 15) is 19.1 Å². The molecule has 0 fully saturated rings. The molecule has 0 saturated heterocycles. The minimum Gasteiger partial charge on any atom is -0.546 e. The van der Waals surface area contributed by atoms with E-state index in [4.69, 9.17) is 0 Å². The van der Waals surface area contributed by atoms with Gasteiger partial charge in [-0.05, 0) is 12.8 Å². The van der Waals surface area contributed by atoms with Crippen LogP contribution < -0.4 is 5.11 Å². The summed E-state index contributed by atoms with van der Waals surface area (Å²) < 4.78 is 15.4. The van der Waals surface area contributed by atoms with E-state index in [1.807, 2.05) is 6.92 Å². The van der Waals surface area contributed by atoms with Gasteiger partial charge in [-0.25, -0.2) is 4.79 Å². The molecule has 0 aliphatic rings. The zero-order valence-electron chi connectivity index (χ0n) is 6.71. The fourth-order valence-electron chi connectivity index (χ4n) is 0.726. The van der Waals surface area contributed by atoms with E-state index >= 15 is 0 Å². The highest BCUT2D eigenvalue weighted by atomic mass is 19.1. The van der Waals surface area contributed by atoms with Gasteiger partial charge in [0, 0.05) is 0 Å². The molecular weight excluding hydrogens is 167 g/mol. The summed E-state index contributed by atoms with van der Waals surface area (Å²) in [6, 6.07) is 0. The number of halogens is 1. The zero-order chi connectivity index (χ0) is 9.56. The normalized spacial score (nSPS) is 12.2. The van der Waals surface area contributed by atoms with E-state index in [1.165, 1.54) is 0 Å². The van der Waals surface area contributed by atoms with Crippen LogP contribution in [0.1, 0.15) is 26.2 Å². The second-order valence-corrected chi connectivity index (χ2v) is 2.31. The molecule has 0 aliphatic heterocycles. The molecule has 0 N–H and O–H groups in total. The van der Waals surface area contributed by atoms with Gasteiger partial charge in [-0.3, -0.25) is 0 Å². The van der Waals surface area contributed by atoms with E-state index < -0.39 is 18.3 Å². The van der Waals surface area contributed by atoms with Crippen LogP contribution in [0.3, 0.4) is 0 Å². The summed E-state index contributed by atoms with van der Waals surface area (Å²) in [7, 11) is 0. The summed E-state index contributed by atoms with van der Waals surface area (Å²) >= 11 is 0. The summed E-state index contributed by atoms with van der Waals surface area (Å²) in [5.41, 5.74) is 0. The molecule has 0 aromatic heterocycles. The second kappa shape index (κ2) is 5.51. The molecule has 0 saturated carbocycles. The Morgan fingerprint density at radius 1 is 1.58 bits per heavy atom. The first-order valence-corrected chi connectivity index (χ1v) is 3.65. The number of carbonyl (C=O) groups is 2. The number of ether oxygens (including phenoxy) is 1. The van der Waals surface area contributed by atoms with Crippen molar-refractivity contribution in [3.63, 3.8) is 0 Å². The van der Waals surface area contributed by atoms with E-state index in [0.29, 0.717) is 6.42 Å². The Kier molecular flexibility index (Phi) is 4.99. The predicted octanol–water partition coefficient (Wildman–Crippen LogP) is 0.401. The Balaban J connectivity index is 3.87. The smallest absolute Gasteiger partial charge is 0.496 e. The Morgan fingerprint density at radius 2 is 2.17 bits per heavy atom. The largest absolute Gasteiger partial charge is 0.546 e. The molecular formula is C7H10FO4-. The lowest BCUT2D eigenvalue weighted by Gasteiger charge is -2.15. The third-order valence-corrected chi connectivity index (χ3v) is 1.32. The maximum absolute atomic E-state index is 11.6. The van der Waals surface area contributed by atoms with Gasteiger partial charge in [0.25, 0.3) is 0 Å². The molecule has 0 heterocycles. The summed E-state index contributed by atoms with van der Waals surface area (Å²) in [5.74, 6) is -1.56. The molecule has 5 heteroatoms. The lowest BCUT2D eigenvalue weighted by molar-refractivity contribution is -0.315. The number of carboxylic acids is 1. The van der Waals surface area contributed by atoms with Crippen LogP contribution >= 0.6 is 0 Å². The molecule has 0 rings (SSSR count). The lowest BCUT2D eigenvalue weighted by Crippen LogP contribution is -2.38. The van der Waals surface area contributed by atoms with Crippen LogP contribution in [0, 0.1) is 0 Å². The van der Waals surface area contributed by atoms with Crippen molar-refractivity contribution in [3.05, 3.63) is 0 Å². The van der Waals surface area contributed by atoms with Gasteiger partial charge in [-0.1, -0.05) is 13.3 Å². The van der Waals surface area contributed by atoms with Crippen molar-refractivity contribution in [3.8, 4) is 0 Å². The quantitative estimate of drug-likeness (QED) is 0.570. The topological polar surface area (TPSA) is 66.4 Å². The monoisotopic (exact) mass is 177 g/mol. The van der Waals surface area contributed by atoms with Crippen molar-refractivity contribution < 1.29 is 23.8 Å². The first kappa shape index (κ1) is 10.9. The molecule has 1 atom stereocenters. The van der Waals surface area contributed by atoms with Crippen LogP contribution in [0.4, 0.5) is 9.18 Å². The van der Waals surface area contributed by atoms with Crippen LogP contribution in [-0.4, -0.2) is 18.3 Å². The van der Waals surface area contributed by atoms with Gasteiger partial charge in [0.1, 0.15) is 6.10 Å². The third kappa shape index (κ3) is 4.65. The maximum atomic E-state index is 11.6. The average molecular weight is 177 g/mol. The van der Waals surface area contributed by atoms with Gasteiger partial charge in [0.2, 0.25) is 0 Å². The molecule has 12 heavy (non-hydrogen) atoms. The Morgan fingerprint density at radius 3 is 2.50 bits per heavy atom. The molecule has 1 unspecified atom stereocenters. The molecule has 0 spiro atoms. The number of hydrogen-bond donors (Lipinski definition) is 0. The lowest BCUT2D eigenvalue weighted by atomic mass is 10.2. The third-order valence-electron chi connectivity index (χ3n) is 1.32. The van der Waals surface area contributed by atoms with Crippen molar-refractivity contribution in [2.75, 3.05) is 0 Å². The molecule has 0 radical (unpaired) electrons. The zero-order valence-corrected chi connectivity index (χ0v) is 6.71. The van der Waals surface area contributed by atoms with Gasteiger partial charge < -0.3 is 14.6 Å². The number of unbranched alkanes of at least 4 members (excludes halogenated alkanes) is 1. The minimum atomic E-state index is -2.08. The molecule has 0 amide bonds. The molecule has 0 aromatic rings. The highest BCUT2D eigenvalue weighted by Gasteiger charge is 2.13. The predicted molar refractivity (Wildman–Crippen MR) is 35.9 cm³/mol. The molecule has 0 aromatic carbocycles. The fourth-order valence-corrected chi connectivity index (χ4v) is 0.726. The molecule has 0 bridgehead atoms. The van der Waals surface area contributed by atoms with Crippen molar-refractivity contribution >= 4 is 12.2 Å². The SMILES string of the molecule is CCCCC(OC(=O)F)C(=O)[O-]. The van der Waals surface area contributed by atoms with Crippen molar-refractivity contribution in [2.24, 2.45) is 0 Å². The van der Waals surface area contributed by atoms with Crippen LogP contribution in [0.2, 0.25) is 0 Å². The molecule has 4 nitrogen and oxygen atoms in total. The first-order valence-electron chi connectivity index (χ1n) is 3.65. The Bertz CT molecular complexity index is 169. The minimum absolute atomic E-state index is 0.0918. The first-order chi connectivity index (χ1) is 5.57. The number of carbonyl (C=O) groups excluding carboxylic acids is 2. The van der Waals surface area contributed by atoms with E-state index in [-0.39, 0.29) is 6.42 Å². The van der Waals surface area contributed by atoms with E-state index in [2.05, 4.69) is 4.74 Å². The summed E-state index contributed by atoms with van der Waals surface area (Å²) in [4.78, 5) is 19.9. The Hall–Kier alpha value is -1.13. The summed E-state index contributed by atoms with van der Waals surface area (Å²) in [6.07, 6.45) is -2.16. The summed E-state index contributed by atoms with van der Waals surface area (Å²) in [6.45, 7) is 1.84. The van der Waals surface area contributed by atoms with Crippen molar-refractivity contribution in [1.29, 1.82) is 0 Å².